The topological polar surface area (TPSA) is 49.3 Å². The van der Waals surface area contributed by atoms with Crippen LogP contribution in [0.5, 0.6) is 0 Å². The molecule has 1 aliphatic carbocycles. The monoisotopic (exact) mass is 331 g/mol. The Labute approximate surface area is 120 Å². The smallest absolute Gasteiger partial charge is 0.326 e. The number of hydrogen-bond donors (Lipinski definition) is 2. The lowest BCUT2D eigenvalue weighted by Crippen LogP contribution is -2.36. The van der Waals surface area contributed by atoms with Crippen molar-refractivity contribution in [1.82, 2.24) is 5.32 Å². The second-order valence-electron chi connectivity index (χ2n) is 4.77. The minimum absolute atomic E-state index is 0.342. The minimum Gasteiger partial charge on any atom is -0.480 e. The molecule has 3 nitrogen and oxygen atoms in total. The summed E-state index contributed by atoms with van der Waals surface area (Å²) >= 11 is 4.88. The van der Waals surface area contributed by atoms with Gasteiger partial charge in [-0.1, -0.05) is 25.7 Å². The summed E-state index contributed by atoms with van der Waals surface area (Å²) < 4.78 is 0.978. The van der Waals surface area contributed by atoms with E-state index in [0.717, 1.165) is 21.5 Å². The van der Waals surface area contributed by atoms with Gasteiger partial charge in [-0.2, -0.15) is 0 Å². The molecule has 0 saturated heterocycles. The Morgan fingerprint density at radius 2 is 2.00 bits per heavy atom. The first kappa shape index (κ1) is 14.0. The number of carboxylic acid groups (broad SMARTS) is 1. The SMILES string of the molecule is O=C(O)C(NC1CCCCCC1)c1ccc(Br)s1. The van der Waals surface area contributed by atoms with Crippen LogP contribution in [0.1, 0.15) is 49.4 Å². The van der Waals surface area contributed by atoms with E-state index in [-0.39, 0.29) is 0 Å². The first-order valence-electron chi connectivity index (χ1n) is 6.41. The minimum atomic E-state index is -0.784. The predicted molar refractivity (Wildman–Crippen MR) is 77.0 cm³/mol. The van der Waals surface area contributed by atoms with E-state index in [1.54, 1.807) is 0 Å². The van der Waals surface area contributed by atoms with Crippen molar-refractivity contribution in [3.8, 4) is 0 Å². The fourth-order valence-electron chi connectivity index (χ4n) is 2.44. The van der Waals surface area contributed by atoms with Crippen molar-refractivity contribution in [3.05, 3.63) is 20.8 Å². The van der Waals surface area contributed by atoms with Gasteiger partial charge in [-0.15, -0.1) is 11.3 Å². The molecule has 0 aliphatic heterocycles. The molecule has 0 spiro atoms. The van der Waals surface area contributed by atoms with Gasteiger partial charge in [0.2, 0.25) is 0 Å². The van der Waals surface area contributed by atoms with E-state index in [0.29, 0.717) is 6.04 Å². The van der Waals surface area contributed by atoms with Crippen LogP contribution in [0.2, 0.25) is 0 Å². The number of carbonyl (C=O) groups is 1. The standard InChI is InChI=1S/C13H18BrNO2S/c14-11-8-7-10(18-11)12(13(16)17)15-9-5-3-1-2-4-6-9/h7-9,12,15H,1-6H2,(H,16,17). The van der Waals surface area contributed by atoms with Crippen molar-refractivity contribution in [3.63, 3.8) is 0 Å². The van der Waals surface area contributed by atoms with Crippen molar-refractivity contribution in [2.75, 3.05) is 0 Å². The normalized spacial score (nSPS) is 19.4. The third kappa shape index (κ3) is 3.80. The number of rotatable bonds is 4. The zero-order chi connectivity index (χ0) is 13.0. The summed E-state index contributed by atoms with van der Waals surface area (Å²) in [6.07, 6.45) is 7.16. The van der Waals surface area contributed by atoms with Crippen LogP contribution in [0.25, 0.3) is 0 Å². The van der Waals surface area contributed by atoms with Gasteiger partial charge in [-0.3, -0.25) is 10.1 Å². The molecule has 1 aromatic heterocycles. The van der Waals surface area contributed by atoms with Crippen LogP contribution in [-0.4, -0.2) is 17.1 Å². The Morgan fingerprint density at radius 3 is 2.50 bits per heavy atom. The molecular weight excluding hydrogens is 314 g/mol. The predicted octanol–water partition coefficient (Wildman–Crippen LogP) is 3.95. The van der Waals surface area contributed by atoms with Gasteiger partial charge in [0.1, 0.15) is 6.04 Å². The van der Waals surface area contributed by atoms with E-state index in [4.69, 9.17) is 0 Å². The number of hydrogen-bond acceptors (Lipinski definition) is 3. The summed E-state index contributed by atoms with van der Waals surface area (Å²) in [6.45, 7) is 0. The molecule has 1 atom stereocenters. The fourth-order valence-corrected chi connectivity index (χ4v) is 3.92. The highest BCUT2D eigenvalue weighted by Crippen LogP contribution is 2.29. The average molecular weight is 332 g/mol. The van der Waals surface area contributed by atoms with Crippen molar-refractivity contribution in [2.24, 2.45) is 0 Å². The van der Waals surface area contributed by atoms with Crippen LogP contribution in [0.15, 0.2) is 15.9 Å². The third-order valence-corrected chi connectivity index (χ3v) is 5.07. The van der Waals surface area contributed by atoms with E-state index >= 15 is 0 Å². The van der Waals surface area contributed by atoms with Gasteiger partial charge in [0.05, 0.1) is 3.79 Å². The molecule has 0 aromatic carbocycles. The highest BCUT2D eigenvalue weighted by molar-refractivity contribution is 9.11. The molecule has 2 rings (SSSR count). The lowest BCUT2D eigenvalue weighted by atomic mass is 10.1. The zero-order valence-corrected chi connectivity index (χ0v) is 12.6. The largest absolute Gasteiger partial charge is 0.480 e. The summed E-state index contributed by atoms with van der Waals surface area (Å²) in [5, 5.41) is 12.7. The van der Waals surface area contributed by atoms with Crippen molar-refractivity contribution < 1.29 is 9.90 Å². The quantitative estimate of drug-likeness (QED) is 0.821. The van der Waals surface area contributed by atoms with E-state index < -0.39 is 12.0 Å². The molecule has 1 unspecified atom stereocenters. The lowest BCUT2D eigenvalue weighted by Gasteiger charge is -2.21. The van der Waals surface area contributed by atoms with Crippen molar-refractivity contribution in [1.29, 1.82) is 0 Å². The van der Waals surface area contributed by atoms with Crippen molar-refractivity contribution in [2.45, 2.75) is 50.6 Å². The highest BCUT2D eigenvalue weighted by Gasteiger charge is 2.25. The number of nitrogens with one attached hydrogen (secondary N) is 1. The first-order chi connectivity index (χ1) is 8.66. The van der Waals surface area contributed by atoms with E-state index in [1.165, 1.54) is 37.0 Å². The molecule has 0 radical (unpaired) electrons. The van der Waals surface area contributed by atoms with Crippen LogP contribution in [-0.2, 0) is 4.79 Å². The fraction of sp³-hybridized carbons (Fsp3) is 0.615. The van der Waals surface area contributed by atoms with Crippen LogP contribution in [0, 0.1) is 0 Å². The van der Waals surface area contributed by atoms with Gasteiger partial charge in [0.15, 0.2) is 0 Å². The Balaban J connectivity index is 2.04. The molecule has 5 heteroatoms. The van der Waals surface area contributed by atoms with Gasteiger partial charge in [0, 0.05) is 10.9 Å². The molecule has 100 valence electrons. The number of aliphatic carboxylic acids is 1. The zero-order valence-electron chi connectivity index (χ0n) is 10.2. The molecule has 0 bridgehead atoms. The van der Waals surface area contributed by atoms with Gasteiger partial charge in [0.25, 0.3) is 0 Å². The van der Waals surface area contributed by atoms with E-state index in [2.05, 4.69) is 21.2 Å². The summed E-state index contributed by atoms with van der Waals surface area (Å²) in [7, 11) is 0. The molecule has 0 amide bonds. The highest BCUT2D eigenvalue weighted by atomic mass is 79.9. The Bertz CT molecular complexity index is 399. The maximum atomic E-state index is 11.4. The van der Waals surface area contributed by atoms with E-state index in [1.807, 2.05) is 12.1 Å². The summed E-state index contributed by atoms with van der Waals surface area (Å²) in [5.41, 5.74) is 0. The molecular formula is C13H18BrNO2S. The van der Waals surface area contributed by atoms with Gasteiger partial charge < -0.3 is 5.11 Å². The van der Waals surface area contributed by atoms with E-state index in [9.17, 15) is 9.90 Å². The number of carboxylic acids is 1. The molecule has 1 aliphatic rings. The first-order valence-corrected chi connectivity index (χ1v) is 8.02. The summed E-state index contributed by atoms with van der Waals surface area (Å²) in [5.74, 6) is -0.784. The van der Waals surface area contributed by atoms with Crippen LogP contribution in [0.3, 0.4) is 0 Å². The van der Waals surface area contributed by atoms with Gasteiger partial charge >= 0.3 is 5.97 Å². The second-order valence-corrected chi connectivity index (χ2v) is 7.26. The Morgan fingerprint density at radius 1 is 1.33 bits per heavy atom. The van der Waals surface area contributed by atoms with Crippen molar-refractivity contribution >= 4 is 33.2 Å². The molecule has 1 saturated carbocycles. The molecule has 18 heavy (non-hydrogen) atoms. The Hall–Kier alpha value is -0.390. The summed E-state index contributed by atoms with van der Waals surface area (Å²) in [6, 6.07) is 3.57. The molecule has 2 N–H and O–H groups in total. The molecule has 1 fully saturated rings. The maximum absolute atomic E-state index is 11.4. The number of thiophene rings is 1. The van der Waals surface area contributed by atoms with Gasteiger partial charge in [-0.05, 0) is 40.9 Å². The van der Waals surface area contributed by atoms with Crippen LogP contribution < -0.4 is 5.32 Å². The summed E-state index contributed by atoms with van der Waals surface area (Å²) in [4.78, 5) is 12.3. The average Bonchev–Trinajstić information content (AvgIpc) is 2.61. The Kier molecular flexibility index (Phi) is 5.21. The second kappa shape index (κ2) is 6.68. The third-order valence-electron chi connectivity index (χ3n) is 3.38. The van der Waals surface area contributed by atoms with Crippen LogP contribution >= 0.6 is 27.3 Å². The molecule has 1 aromatic rings. The maximum Gasteiger partial charge on any atom is 0.326 e. The van der Waals surface area contributed by atoms with Gasteiger partial charge in [-0.25, -0.2) is 0 Å². The molecule has 1 heterocycles. The lowest BCUT2D eigenvalue weighted by molar-refractivity contribution is -0.139. The van der Waals surface area contributed by atoms with Crippen LogP contribution in [0.4, 0.5) is 0 Å². The number of halogens is 1.